The van der Waals surface area contributed by atoms with Gasteiger partial charge in [-0.15, -0.1) is 0 Å². The number of carbonyl (C=O) groups excluding carboxylic acids is 1. The van der Waals surface area contributed by atoms with Crippen LogP contribution < -0.4 is 0 Å². The van der Waals surface area contributed by atoms with Crippen molar-refractivity contribution < 1.29 is 4.79 Å². The van der Waals surface area contributed by atoms with Gasteiger partial charge in [-0.3, -0.25) is 9.79 Å². The summed E-state index contributed by atoms with van der Waals surface area (Å²) in [5.74, 6) is 0.804. The van der Waals surface area contributed by atoms with Gasteiger partial charge in [-0.05, 0) is 35.8 Å². The normalized spacial score (nSPS) is 34.0. The summed E-state index contributed by atoms with van der Waals surface area (Å²) in [6.45, 7) is 7.17. The van der Waals surface area contributed by atoms with E-state index in [1.54, 1.807) is 0 Å². The molecule has 3 heteroatoms. The smallest absolute Gasteiger partial charge is 0.147 e. The number of hydrogen-bond acceptors (Lipinski definition) is 2. The van der Waals surface area contributed by atoms with Crippen molar-refractivity contribution in [2.24, 2.45) is 27.7 Å². The van der Waals surface area contributed by atoms with Crippen molar-refractivity contribution >= 4 is 23.6 Å². The fourth-order valence-electron chi connectivity index (χ4n) is 4.22. The van der Waals surface area contributed by atoms with Crippen LogP contribution >= 0.6 is 11.6 Å². The average molecular weight is 304 g/mol. The van der Waals surface area contributed by atoms with Crippen LogP contribution in [-0.2, 0) is 11.3 Å². The van der Waals surface area contributed by atoms with Crippen LogP contribution in [0.5, 0.6) is 0 Å². The van der Waals surface area contributed by atoms with Gasteiger partial charge in [0.1, 0.15) is 5.78 Å². The predicted molar refractivity (Wildman–Crippen MR) is 86.8 cm³/mol. The number of halogens is 1. The summed E-state index contributed by atoms with van der Waals surface area (Å²) in [7, 11) is 0. The third kappa shape index (κ3) is 2.07. The molecule has 2 bridgehead atoms. The first-order valence-electron chi connectivity index (χ1n) is 7.65. The van der Waals surface area contributed by atoms with Crippen molar-refractivity contribution in [1.82, 2.24) is 0 Å². The van der Waals surface area contributed by atoms with Gasteiger partial charge in [0, 0.05) is 16.7 Å². The lowest BCUT2D eigenvalue weighted by Crippen LogP contribution is -2.33. The Kier molecular flexibility index (Phi) is 3.48. The van der Waals surface area contributed by atoms with E-state index < -0.39 is 0 Å². The number of rotatable bonds is 3. The summed E-state index contributed by atoms with van der Waals surface area (Å²) in [5.41, 5.74) is 0.931. The van der Waals surface area contributed by atoms with E-state index in [1.165, 1.54) is 0 Å². The minimum Gasteiger partial charge on any atom is -0.298 e. The van der Waals surface area contributed by atoms with Gasteiger partial charge in [-0.25, -0.2) is 0 Å². The van der Waals surface area contributed by atoms with E-state index >= 15 is 0 Å². The Hall–Kier alpha value is -1.15. The molecule has 21 heavy (non-hydrogen) atoms. The van der Waals surface area contributed by atoms with Crippen molar-refractivity contribution in [3.8, 4) is 0 Å². The first kappa shape index (κ1) is 14.8. The Morgan fingerprint density at radius 3 is 2.67 bits per heavy atom. The molecule has 0 aliphatic heterocycles. The Morgan fingerprint density at radius 2 is 2.05 bits per heavy atom. The Labute approximate surface area is 131 Å². The highest BCUT2D eigenvalue weighted by Crippen LogP contribution is 2.65. The maximum Gasteiger partial charge on any atom is 0.147 e. The number of aliphatic imine (C=N–C) groups is 1. The monoisotopic (exact) mass is 303 g/mol. The number of benzene rings is 1. The molecule has 2 saturated carbocycles. The van der Waals surface area contributed by atoms with Crippen LogP contribution in [0.1, 0.15) is 39.2 Å². The lowest BCUT2D eigenvalue weighted by atomic mass is 9.70. The third-order valence-electron chi connectivity index (χ3n) is 6.07. The van der Waals surface area contributed by atoms with Crippen LogP contribution in [0.15, 0.2) is 29.3 Å². The molecule has 112 valence electrons. The molecular formula is C18H22ClNO. The van der Waals surface area contributed by atoms with Gasteiger partial charge in [0.15, 0.2) is 0 Å². The topological polar surface area (TPSA) is 29.4 Å². The van der Waals surface area contributed by atoms with E-state index in [0.717, 1.165) is 23.4 Å². The standard InChI is InChI=1S/C18H22ClNO/c1-17(2)14-8-9-18(17,3)16(21)13(14)11-20-10-12-6-4-5-7-15(12)19/h4-7,11,13-14H,8-10H2,1-3H3/t13-,14-,18-/m1/s1. The molecule has 1 aromatic carbocycles. The average Bonchev–Trinajstić information content (AvgIpc) is 2.75. The van der Waals surface area contributed by atoms with E-state index in [2.05, 4.69) is 25.8 Å². The van der Waals surface area contributed by atoms with Crippen molar-refractivity contribution in [2.75, 3.05) is 0 Å². The summed E-state index contributed by atoms with van der Waals surface area (Å²) < 4.78 is 0. The van der Waals surface area contributed by atoms with Gasteiger partial charge in [0.2, 0.25) is 0 Å². The SMILES string of the molecule is CC1(C)[C@@H]2CC[C@]1(C)C(=O)[C@@H]2C=NCc1ccccc1Cl. The molecule has 1 aromatic rings. The number of hydrogen-bond donors (Lipinski definition) is 0. The molecule has 0 aromatic heterocycles. The third-order valence-corrected chi connectivity index (χ3v) is 6.44. The highest BCUT2D eigenvalue weighted by Gasteiger charge is 2.65. The predicted octanol–water partition coefficient (Wildman–Crippen LogP) is 4.55. The molecule has 0 N–H and O–H groups in total. The van der Waals surface area contributed by atoms with Crippen LogP contribution in [0.3, 0.4) is 0 Å². The molecule has 3 rings (SSSR count). The summed E-state index contributed by atoms with van der Waals surface area (Å²) in [6.07, 6.45) is 4.05. The lowest BCUT2D eigenvalue weighted by Gasteiger charge is -2.32. The minimum atomic E-state index is -0.168. The number of carbonyl (C=O) groups is 1. The van der Waals surface area contributed by atoms with E-state index in [-0.39, 0.29) is 16.7 Å². The fraction of sp³-hybridized carbons (Fsp3) is 0.556. The largest absolute Gasteiger partial charge is 0.298 e. The molecule has 0 unspecified atom stereocenters. The molecule has 2 nitrogen and oxygen atoms in total. The van der Waals surface area contributed by atoms with Crippen LogP contribution in [-0.4, -0.2) is 12.0 Å². The Morgan fingerprint density at radius 1 is 1.33 bits per heavy atom. The molecule has 0 spiro atoms. The Balaban J connectivity index is 1.76. The molecule has 0 saturated heterocycles. The quantitative estimate of drug-likeness (QED) is 0.753. The van der Waals surface area contributed by atoms with Gasteiger partial charge in [0.25, 0.3) is 0 Å². The molecule has 2 fully saturated rings. The van der Waals surface area contributed by atoms with E-state index in [1.807, 2.05) is 30.5 Å². The van der Waals surface area contributed by atoms with Gasteiger partial charge in [0.05, 0.1) is 12.5 Å². The first-order chi connectivity index (χ1) is 9.88. The summed E-state index contributed by atoms with van der Waals surface area (Å²) >= 11 is 6.14. The van der Waals surface area contributed by atoms with Gasteiger partial charge in [-0.1, -0.05) is 50.6 Å². The molecule has 3 atom stereocenters. The second-order valence-electron chi connectivity index (χ2n) is 7.17. The highest BCUT2D eigenvalue weighted by atomic mass is 35.5. The molecular weight excluding hydrogens is 282 g/mol. The maximum atomic E-state index is 12.7. The van der Waals surface area contributed by atoms with Crippen molar-refractivity contribution in [1.29, 1.82) is 0 Å². The summed E-state index contributed by atoms with van der Waals surface area (Å²) in [5, 5.41) is 0.737. The molecule has 0 radical (unpaired) electrons. The molecule has 0 heterocycles. The van der Waals surface area contributed by atoms with Gasteiger partial charge < -0.3 is 0 Å². The molecule has 2 aliphatic rings. The van der Waals surface area contributed by atoms with Gasteiger partial charge >= 0.3 is 0 Å². The van der Waals surface area contributed by atoms with Gasteiger partial charge in [-0.2, -0.15) is 0 Å². The van der Waals surface area contributed by atoms with Crippen molar-refractivity contribution in [3.63, 3.8) is 0 Å². The number of Topliss-reactive ketones (excluding diaryl/α,β-unsaturated/α-hetero) is 1. The van der Waals surface area contributed by atoms with Crippen LogP contribution in [0, 0.1) is 22.7 Å². The fourth-order valence-corrected chi connectivity index (χ4v) is 4.41. The maximum absolute atomic E-state index is 12.7. The van der Waals surface area contributed by atoms with E-state index in [4.69, 9.17) is 11.6 Å². The zero-order valence-electron chi connectivity index (χ0n) is 12.9. The first-order valence-corrected chi connectivity index (χ1v) is 8.03. The highest BCUT2D eigenvalue weighted by molar-refractivity contribution is 6.31. The summed E-state index contributed by atoms with van der Waals surface area (Å²) in [6, 6.07) is 7.73. The summed E-state index contributed by atoms with van der Waals surface area (Å²) in [4.78, 5) is 17.2. The number of ketones is 1. The lowest BCUT2D eigenvalue weighted by molar-refractivity contribution is -0.129. The molecule has 0 amide bonds. The van der Waals surface area contributed by atoms with Crippen molar-refractivity contribution in [2.45, 2.75) is 40.2 Å². The second kappa shape index (κ2) is 4.95. The zero-order chi connectivity index (χ0) is 15.3. The van der Waals surface area contributed by atoms with E-state index in [0.29, 0.717) is 18.2 Å². The second-order valence-corrected chi connectivity index (χ2v) is 7.58. The van der Waals surface area contributed by atoms with Crippen LogP contribution in [0.4, 0.5) is 0 Å². The van der Waals surface area contributed by atoms with Crippen molar-refractivity contribution in [3.05, 3.63) is 34.9 Å². The zero-order valence-corrected chi connectivity index (χ0v) is 13.7. The van der Waals surface area contributed by atoms with E-state index in [9.17, 15) is 4.79 Å². The van der Waals surface area contributed by atoms with Crippen LogP contribution in [0.25, 0.3) is 0 Å². The molecule has 2 aliphatic carbocycles. The number of fused-ring (bicyclic) bond motifs is 2. The van der Waals surface area contributed by atoms with Crippen LogP contribution in [0.2, 0.25) is 5.02 Å². The Bertz CT molecular complexity index is 607. The number of nitrogens with zero attached hydrogens (tertiary/aromatic N) is 1. The minimum absolute atomic E-state index is 0.0127.